The van der Waals surface area contributed by atoms with Crippen molar-refractivity contribution >= 4 is 46.9 Å². The summed E-state index contributed by atoms with van der Waals surface area (Å²) in [5, 5.41) is 15.9. The molecule has 1 saturated heterocycles. The molecule has 0 atom stereocenters. The van der Waals surface area contributed by atoms with Crippen LogP contribution in [0, 0.1) is 10.1 Å². The van der Waals surface area contributed by atoms with Crippen LogP contribution in [0.15, 0.2) is 72.3 Å². The van der Waals surface area contributed by atoms with E-state index < -0.39 is 34.2 Å². The minimum atomic E-state index is -1.04. The number of rotatable bonds is 9. The normalized spacial score (nSPS) is 14.0. The Morgan fingerprint density at radius 1 is 0.975 bits per heavy atom. The van der Waals surface area contributed by atoms with Crippen molar-refractivity contribution < 1.29 is 38.3 Å². The van der Waals surface area contributed by atoms with E-state index >= 15 is 0 Å². The van der Waals surface area contributed by atoms with Crippen LogP contribution in [-0.4, -0.2) is 49.5 Å². The lowest BCUT2D eigenvalue weighted by atomic mass is 10.1. The van der Waals surface area contributed by atoms with Gasteiger partial charge in [-0.3, -0.25) is 29.8 Å². The number of amides is 5. The zero-order chi connectivity index (χ0) is 28.8. The highest BCUT2D eigenvalue weighted by atomic mass is 16.6. The number of carbonyl (C=O) groups is 4. The van der Waals surface area contributed by atoms with Crippen molar-refractivity contribution in [1.82, 2.24) is 5.32 Å². The van der Waals surface area contributed by atoms with E-state index in [0.717, 1.165) is 6.07 Å². The molecule has 0 radical (unpaired) electrons. The largest absolute Gasteiger partial charge is 0.495 e. The average molecular weight is 546 g/mol. The van der Waals surface area contributed by atoms with E-state index in [1.807, 2.05) is 0 Å². The highest BCUT2D eigenvalue weighted by Crippen LogP contribution is 2.31. The Balaban J connectivity index is 1.52. The van der Waals surface area contributed by atoms with E-state index in [2.05, 4.69) is 10.6 Å². The number of ether oxygens (including phenoxy) is 3. The summed E-state index contributed by atoms with van der Waals surface area (Å²) in [6.45, 7) is -0.351. The number of nitrogens with zero attached hydrogens (tertiary/aromatic N) is 2. The lowest BCUT2D eigenvalue weighted by Gasteiger charge is -2.26. The van der Waals surface area contributed by atoms with Crippen LogP contribution in [0.25, 0.3) is 6.08 Å². The maximum Gasteiger partial charge on any atom is 0.335 e. The van der Waals surface area contributed by atoms with Crippen molar-refractivity contribution in [3.8, 4) is 17.2 Å². The highest BCUT2D eigenvalue weighted by molar-refractivity contribution is 6.39. The van der Waals surface area contributed by atoms with Gasteiger partial charge < -0.3 is 19.5 Å². The number of hydrogen-bond acceptors (Lipinski definition) is 9. The van der Waals surface area contributed by atoms with Crippen molar-refractivity contribution in [2.75, 3.05) is 31.0 Å². The van der Waals surface area contributed by atoms with Crippen LogP contribution in [0.4, 0.5) is 21.9 Å². The fraction of sp³-hybridized carbons (Fsp3) is 0.111. The number of nitrogens with one attached hydrogen (secondary N) is 2. The molecule has 1 fully saturated rings. The van der Waals surface area contributed by atoms with Gasteiger partial charge in [0.2, 0.25) is 0 Å². The van der Waals surface area contributed by atoms with Gasteiger partial charge in [-0.25, -0.2) is 9.69 Å². The van der Waals surface area contributed by atoms with E-state index in [4.69, 9.17) is 14.2 Å². The topological polar surface area (TPSA) is 166 Å². The number of benzene rings is 3. The first kappa shape index (κ1) is 27.3. The second kappa shape index (κ2) is 11.8. The third-order valence-corrected chi connectivity index (χ3v) is 5.64. The number of anilines is 2. The molecule has 0 unspecified atom stereocenters. The number of para-hydroxylation sites is 2. The summed E-state index contributed by atoms with van der Waals surface area (Å²) in [5.41, 5.74) is 0.00777. The predicted octanol–water partition coefficient (Wildman–Crippen LogP) is 3.30. The summed E-state index contributed by atoms with van der Waals surface area (Å²) in [6.07, 6.45) is 1.23. The summed E-state index contributed by atoms with van der Waals surface area (Å²) in [5.74, 6) is -1.46. The highest BCUT2D eigenvalue weighted by Gasteiger charge is 2.37. The van der Waals surface area contributed by atoms with Gasteiger partial charge in [-0.05, 0) is 42.0 Å². The van der Waals surface area contributed by atoms with Gasteiger partial charge in [0.05, 0.1) is 30.5 Å². The van der Waals surface area contributed by atoms with Crippen LogP contribution in [0.5, 0.6) is 17.2 Å². The fourth-order valence-electron chi connectivity index (χ4n) is 3.77. The monoisotopic (exact) mass is 546 g/mol. The van der Waals surface area contributed by atoms with Crippen molar-refractivity contribution in [3.05, 3.63) is 88.0 Å². The summed E-state index contributed by atoms with van der Waals surface area (Å²) in [4.78, 5) is 61.5. The molecule has 1 aliphatic rings. The Labute approximate surface area is 227 Å². The van der Waals surface area contributed by atoms with Gasteiger partial charge in [0.1, 0.15) is 11.3 Å². The number of nitro benzene ring substituents is 1. The Hall–Kier alpha value is -5.72. The maximum atomic E-state index is 13.1. The molecule has 3 aromatic carbocycles. The van der Waals surface area contributed by atoms with Crippen molar-refractivity contribution in [3.63, 3.8) is 0 Å². The van der Waals surface area contributed by atoms with Gasteiger partial charge in [0, 0.05) is 12.1 Å². The summed E-state index contributed by atoms with van der Waals surface area (Å²) >= 11 is 0. The molecule has 13 heteroatoms. The minimum Gasteiger partial charge on any atom is -0.495 e. The Morgan fingerprint density at radius 3 is 2.45 bits per heavy atom. The zero-order valence-electron chi connectivity index (χ0n) is 21.2. The number of imide groups is 2. The first-order valence-electron chi connectivity index (χ1n) is 11.6. The third kappa shape index (κ3) is 5.88. The van der Waals surface area contributed by atoms with E-state index in [-0.39, 0.29) is 29.5 Å². The predicted molar refractivity (Wildman–Crippen MR) is 142 cm³/mol. The zero-order valence-corrected chi connectivity index (χ0v) is 21.2. The van der Waals surface area contributed by atoms with E-state index in [1.165, 1.54) is 56.7 Å². The molecular formula is C27H22N4O9. The molecule has 0 bridgehead atoms. The van der Waals surface area contributed by atoms with Crippen molar-refractivity contribution in [1.29, 1.82) is 0 Å². The molecule has 2 N–H and O–H groups in total. The van der Waals surface area contributed by atoms with Gasteiger partial charge in [-0.15, -0.1) is 0 Å². The van der Waals surface area contributed by atoms with Crippen LogP contribution in [0.3, 0.4) is 0 Å². The summed E-state index contributed by atoms with van der Waals surface area (Å²) in [6, 6.07) is 15.2. The molecule has 1 heterocycles. The molecule has 204 valence electrons. The molecule has 0 aromatic heterocycles. The Morgan fingerprint density at radius 2 is 1.73 bits per heavy atom. The number of nitro groups is 1. The van der Waals surface area contributed by atoms with Crippen LogP contribution in [-0.2, 0) is 14.4 Å². The van der Waals surface area contributed by atoms with E-state index in [0.29, 0.717) is 21.9 Å². The number of urea groups is 1. The molecule has 0 saturated carbocycles. The molecule has 0 aliphatic carbocycles. The van der Waals surface area contributed by atoms with Crippen LogP contribution in [0.2, 0.25) is 0 Å². The molecule has 0 spiro atoms. The first-order chi connectivity index (χ1) is 19.2. The SMILES string of the molecule is COc1ccccc1NC(=O)COc1ccc(/C=C2/C(=O)NC(=O)N(c3cccc([N+](=O)[O-])c3)C2=O)cc1OC. The molecule has 1 aliphatic heterocycles. The average Bonchev–Trinajstić information content (AvgIpc) is 2.94. The lowest BCUT2D eigenvalue weighted by Crippen LogP contribution is -2.54. The summed E-state index contributed by atoms with van der Waals surface area (Å²) < 4.78 is 16.1. The van der Waals surface area contributed by atoms with Crippen LogP contribution >= 0.6 is 0 Å². The smallest absolute Gasteiger partial charge is 0.335 e. The maximum absolute atomic E-state index is 13.1. The van der Waals surface area contributed by atoms with Gasteiger partial charge in [0.15, 0.2) is 18.1 Å². The van der Waals surface area contributed by atoms with E-state index in [9.17, 15) is 29.3 Å². The van der Waals surface area contributed by atoms with Gasteiger partial charge in [-0.1, -0.05) is 24.3 Å². The van der Waals surface area contributed by atoms with E-state index in [1.54, 1.807) is 24.3 Å². The second-order valence-corrected chi connectivity index (χ2v) is 8.18. The van der Waals surface area contributed by atoms with Gasteiger partial charge >= 0.3 is 6.03 Å². The number of barbiturate groups is 1. The minimum absolute atomic E-state index is 0.0807. The van der Waals surface area contributed by atoms with Gasteiger partial charge in [0.25, 0.3) is 23.4 Å². The lowest BCUT2D eigenvalue weighted by molar-refractivity contribution is -0.384. The fourth-order valence-corrected chi connectivity index (χ4v) is 3.77. The molecule has 4 rings (SSSR count). The third-order valence-electron chi connectivity index (χ3n) is 5.64. The van der Waals surface area contributed by atoms with Crippen molar-refractivity contribution in [2.45, 2.75) is 0 Å². The molecule has 40 heavy (non-hydrogen) atoms. The quantitative estimate of drug-likeness (QED) is 0.177. The summed E-state index contributed by atoms with van der Waals surface area (Å²) in [7, 11) is 2.85. The second-order valence-electron chi connectivity index (χ2n) is 8.18. The Bertz CT molecular complexity index is 1550. The van der Waals surface area contributed by atoms with Crippen LogP contribution < -0.4 is 29.7 Å². The number of non-ortho nitro benzene ring substituents is 1. The van der Waals surface area contributed by atoms with Crippen LogP contribution in [0.1, 0.15) is 5.56 Å². The molecule has 3 aromatic rings. The van der Waals surface area contributed by atoms with Crippen molar-refractivity contribution in [2.24, 2.45) is 0 Å². The first-order valence-corrected chi connectivity index (χ1v) is 11.6. The molecule has 13 nitrogen and oxygen atoms in total. The standard InChI is InChI=1S/C27H22N4O9/c1-38-21-9-4-3-8-20(21)28-24(32)15-40-22-11-10-16(13-23(22)39-2)12-19-25(33)29-27(35)30(26(19)34)17-6-5-7-18(14-17)31(36)37/h3-14H,15H2,1-2H3,(H,28,32)(H,29,33,35)/b19-12-. The Kier molecular flexibility index (Phi) is 8.04. The number of methoxy groups -OCH3 is 2. The molecule has 5 amide bonds. The van der Waals surface area contributed by atoms with Gasteiger partial charge in [-0.2, -0.15) is 0 Å². The molecular weight excluding hydrogens is 524 g/mol. The number of hydrogen-bond donors (Lipinski definition) is 2. The number of carbonyl (C=O) groups excluding carboxylic acids is 4.